The average Bonchev–Trinajstić information content (AvgIpc) is 2.48. The summed E-state index contributed by atoms with van der Waals surface area (Å²) in [7, 11) is 0. The van der Waals surface area contributed by atoms with Gasteiger partial charge in [-0.3, -0.25) is 10.1 Å². The highest BCUT2D eigenvalue weighted by Crippen LogP contribution is 2.22. The lowest BCUT2D eigenvalue weighted by atomic mass is 10.2. The number of nitrogens with one attached hydrogen (secondary N) is 1. The van der Waals surface area contributed by atoms with Gasteiger partial charge in [-0.15, -0.1) is 0 Å². The van der Waals surface area contributed by atoms with E-state index in [1.165, 1.54) is 6.20 Å². The zero-order valence-corrected chi connectivity index (χ0v) is 6.63. The Labute approximate surface area is 72.8 Å². The van der Waals surface area contributed by atoms with Crippen molar-refractivity contribution >= 4 is 22.5 Å². The maximum atomic E-state index is 8.69. The predicted molar refractivity (Wildman–Crippen MR) is 43.6 cm³/mol. The maximum Gasteiger partial charge on any atom is 0.133 e. The van der Waals surface area contributed by atoms with E-state index in [4.69, 9.17) is 16.9 Å². The summed E-state index contributed by atoms with van der Waals surface area (Å²) in [6.07, 6.45) is 3.02. The highest BCUT2D eigenvalue weighted by atomic mass is 35.5. The third kappa shape index (κ3) is 0.840. The number of H-pyrrole nitrogens is 1. The van der Waals surface area contributed by atoms with Crippen molar-refractivity contribution in [3.8, 4) is 6.07 Å². The number of pyridine rings is 1. The quantitative estimate of drug-likeness (QED) is 0.665. The summed E-state index contributed by atoms with van der Waals surface area (Å²) in [6.45, 7) is 0. The van der Waals surface area contributed by atoms with Crippen LogP contribution in [0.25, 0.3) is 10.9 Å². The summed E-state index contributed by atoms with van der Waals surface area (Å²) in [6, 6.07) is 1.99. The molecule has 0 bridgehead atoms. The molecule has 0 fully saturated rings. The Morgan fingerprint density at radius 2 is 2.33 bits per heavy atom. The van der Waals surface area contributed by atoms with Crippen LogP contribution < -0.4 is 0 Å². The molecule has 0 aliphatic carbocycles. The molecule has 0 unspecified atom stereocenters. The van der Waals surface area contributed by atoms with Crippen LogP contribution in [-0.4, -0.2) is 15.2 Å². The van der Waals surface area contributed by atoms with Gasteiger partial charge in [-0.25, -0.2) is 0 Å². The predicted octanol–water partition coefficient (Wildman–Crippen LogP) is 1.48. The summed E-state index contributed by atoms with van der Waals surface area (Å²) in [4.78, 5) is 3.83. The highest BCUT2D eigenvalue weighted by Gasteiger charge is 2.07. The summed E-state index contributed by atoms with van der Waals surface area (Å²) < 4.78 is 0. The van der Waals surface area contributed by atoms with E-state index in [2.05, 4.69) is 15.2 Å². The number of fused-ring (bicyclic) bond motifs is 1. The largest absolute Gasteiger partial charge is 0.266 e. The van der Waals surface area contributed by atoms with Gasteiger partial charge in [-0.05, 0) is 0 Å². The van der Waals surface area contributed by atoms with Gasteiger partial charge in [-0.1, -0.05) is 11.6 Å². The Hall–Kier alpha value is -1.60. The molecule has 0 aliphatic heterocycles. The maximum absolute atomic E-state index is 8.69. The van der Waals surface area contributed by atoms with Crippen molar-refractivity contribution in [3.63, 3.8) is 0 Å². The standard InChI is InChI=1S/C7H3ClN4/c8-7-6-4(1-9)2-10-3-5(6)11-12-7/h2-3H,(H,11,12). The molecule has 1 N–H and O–H groups in total. The van der Waals surface area contributed by atoms with E-state index in [1.807, 2.05) is 6.07 Å². The summed E-state index contributed by atoms with van der Waals surface area (Å²) in [5.74, 6) is 0. The number of hydrogen-bond acceptors (Lipinski definition) is 3. The molecular formula is C7H3ClN4. The molecule has 4 nitrogen and oxygen atoms in total. The Kier molecular flexibility index (Phi) is 1.45. The van der Waals surface area contributed by atoms with Gasteiger partial charge in [-0.2, -0.15) is 10.4 Å². The SMILES string of the molecule is N#Cc1cncc2n[nH]c(Cl)c12. The van der Waals surface area contributed by atoms with Gasteiger partial charge < -0.3 is 0 Å². The van der Waals surface area contributed by atoms with E-state index in [9.17, 15) is 0 Å². The van der Waals surface area contributed by atoms with Crippen molar-refractivity contribution < 1.29 is 0 Å². The number of hydrogen-bond donors (Lipinski definition) is 1. The van der Waals surface area contributed by atoms with Crippen LogP contribution in [0.4, 0.5) is 0 Å². The molecule has 58 valence electrons. The topological polar surface area (TPSA) is 65.4 Å². The molecule has 0 spiro atoms. The Morgan fingerprint density at radius 3 is 3.08 bits per heavy atom. The van der Waals surface area contributed by atoms with Gasteiger partial charge in [0.05, 0.1) is 17.1 Å². The van der Waals surface area contributed by atoms with Crippen LogP contribution in [0.1, 0.15) is 5.56 Å². The fourth-order valence-corrected chi connectivity index (χ4v) is 1.26. The lowest BCUT2D eigenvalue weighted by Gasteiger charge is -1.89. The second kappa shape index (κ2) is 2.47. The van der Waals surface area contributed by atoms with E-state index >= 15 is 0 Å². The first-order chi connectivity index (χ1) is 5.83. The van der Waals surface area contributed by atoms with E-state index in [0.29, 0.717) is 21.6 Å². The molecule has 2 heterocycles. The lowest BCUT2D eigenvalue weighted by Crippen LogP contribution is -1.79. The minimum Gasteiger partial charge on any atom is -0.266 e. The zero-order valence-electron chi connectivity index (χ0n) is 5.87. The Morgan fingerprint density at radius 1 is 1.50 bits per heavy atom. The molecular weight excluding hydrogens is 176 g/mol. The summed E-state index contributed by atoms with van der Waals surface area (Å²) in [5.41, 5.74) is 1.05. The van der Waals surface area contributed by atoms with Crippen molar-refractivity contribution in [1.29, 1.82) is 5.26 Å². The molecule has 0 aromatic carbocycles. The minimum atomic E-state index is 0.379. The van der Waals surface area contributed by atoms with E-state index < -0.39 is 0 Å². The second-order valence-electron chi connectivity index (χ2n) is 2.23. The molecule has 2 aromatic rings. The number of halogens is 1. The number of nitriles is 1. The van der Waals surface area contributed by atoms with Crippen molar-refractivity contribution in [3.05, 3.63) is 23.1 Å². The van der Waals surface area contributed by atoms with Crippen LogP contribution in [0.15, 0.2) is 12.4 Å². The monoisotopic (exact) mass is 178 g/mol. The first-order valence-corrected chi connectivity index (χ1v) is 3.58. The van der Waals surface area contributed by atoms with Gasteiger partial charge in [0.1, 0.15) is 16.7 Å². The molecule has 12 heavy (non-hydrogen) atoms. The van der Waals surface area contributed by atoms with Gasteiger partial charge in [0.15, 0.2) is 0 Å². The third-order valence-corrected chi connectivity index (χ3v) is 1.81. The first kappa shape index (κ1) is 7.07. The third-order valence-electron chi connectivity index (χ3n) is 1.54. The normalized spacial score (nSPS) is 10.0. The average molecular weight is 179 g/mol. The van der Waals surface area contributed by atoms with Crippen LogP contribution in [0.2, 0.25) is 5.15 Å². The zero-order chi connectivity index (χ0) is 8.55. The summed E-state index contributed by atoms with van der Waals surface area (Å²) >= 11 is 5.76. The molecule has 0 saturated heterocycles. The number of rotatable bonds is 0. The van der Waals surface area contributed by atoms with Crippen molar-refractivity contribution in [2.75, 3.05) is 0 Å². The number of nitrogens with zero attached hydrogens (tertiary/aromatic N) is 3. The van der Waals surface area contributed by atoms with Crippen molar-refractivity contribution in [1.82, 2.24) is 15.2 Å². The van der Waals surface area contributed by atoms with Gasteiger partial charge >= 0.3 is 0 Å². The minimum absolute atomic E-state index is 0.379. The Bertz CT molecular complexity index is 468. The molecule has 0 atom stereocenters. The van der Waals surface area contributed by atoms with Crippen LogP contribution in [0, 0.1) is 11.3 Å². The van der Waals surface area contributed by atoms with Gasteiger partial charge in [0.25, 0.3) is 0 Å². The molecule has 2 aromatic heterocycles. The van der Waals surface area contributed by atoms with Crippen LogP contribution in [0.5, 0.6) is 0 Å². The molecule has 5 heteroatoms. The molecule has 0 saturated carbocycles. The van der Waals surface area contributed by atoms with E-state index in [-0.39, 0.29) is 0 Å². The molecule has 0 radical (unpaired) electrons. The first-order valence-electron chi connectivity index (χ1n) is 3.20. The smallest absolute Gasteiger partial charge is 0.133 e. The van der Waals surface area contributed by atoms with E-state index in [1.54, 1.807) is 6.20 Å². The van der Waals surface area contributed by atoms with E-state index in [0.717, 1.165) is 0 Å². The summed E-state index contributed by atoms with van der Waals surface area (Å²) in [5, 5.41) is 16.1. The van der Waals surface area contributed by atoms with Crippen LogP contribution >= 0.6 is 11.6 Å². The van der Waals surface area contributed by atoms with Gasteiger partial charge in [0.2, 0.25) is 0 Å². The fraction of sp³-hybridized carbons (Fsp3) is 0. The number of aromatic nitrogens is 3. The van der Waals surface area contributed by atoms with Crippen molar-refractivity contribution in [2.45, 2.75) is 0 Å². The highest BCUT2D eigenvalue weighted by molar-refractivity contribution is 6.34. The Balaban J connectivity index is 2.96. The molecule has 2 rings (SSSR count). The van der Waals surface area contributed by atoms with Crippen LogP contribution in [0.3, 0.4) is 0 Å². The molecule has 0 aliphatic rings. The number of aromatic amines is 1. The van der Waals surface area contributed by atoms with Crippen LogP contribution in [-0.2, 0) is 0 Å². The van der Waals surface area contributed by atoms with Gasteiger partial charge in [0, 0.05) is 6.20 Å². The van der Waals surface area contributed by atoms with Crippen molar-refractivity contribution in [2.24, 2.45) is 0 Å². The fourth-order valence-electron chi connectivity index (χ4n) is 1.01. The molecule has 0 amide bonds. The lowest BCUT2D eigenvalue weighted by molar-refractivity contribution is 1.11. The second-order valence-corrected chi connectivity index (χ2v) is 2.61.